The molecule has 0 aromatic carbocycles. The Morgan fingerprint density at radius 3 is 2.84 bits per heavy atom. The summed E-state index contributed by atoms with van der Waals surface area (Å²) in [4.78, 5) is 7.67. The molecular formula is C13H19N3O2S. The van der Waals surface area contributed by atoms with Gasteiger partial charge in [-0.15, -0.1) is 0 Å². The van der Waals surface area contributed by atoms with Gasteiger partial charge in [0.2, 0.25) is 5.88 Å². The Labute approximate surface area is 117 Å². The Morgan fingerprint density at radius 2 is 2.21 bits per heavy atom. The maximum atomic E-state index is 5.41. The molecule has 2 aromatic heterocycles. The molecule has 0 bridgehead atoms. The van der Waals surface area contributed by atoms with Crippen molar-refractivity contribution in [3.63, 3.8) is 0 Å². The van der Waals surface area contributed by atoms with E-state index in [2.05, 4.69) is 16.9 Å². The van der Waals surface area contributed by atoms with E-state index in [4.69, 9.17) is 21.7 Å². The fraction of sp³-hybridized carbons (Fsp3) is 0.538. The van der Waals surface area contributed by atoms with Crippen LogP contribution < -0.4 is 4.74 Å². The highest BCUT2D eigenvalue weighted by Gasteiger charge is 2.16. The quantitative estimate of drug-likeness (QED) is 0.827. The van der Waals surface area contributed by atoms with Gasteiger partial charge in [-0.2, -0.15) is 4.98 Å². The lowest BCUT2D eigenvalue weighted by Gasteiger charge is -2.17. The van der Waals surface area contributed by atoms with Gasteiger partial charge in [0.05, 0.1) is 25.3 Å². The van der Waals surface area contributed by atoms with Gasteiger partial charge in [0.1, 0.15) is 0 Å². The lowest BCUT2D eigenvalue weighted by molar-refractivity contribution is 0.151. The van der Waals surface area contributed by atoms with Gasteiger partial charge < -0.3 is 14.5 Å². The normalized spacial score (nSPS) is 12.8. The fourth-order valence-corrected chi connectivity index (χ4v) is 2.59. The summed E-state index contributed by atoms with van der Waals surface area (Å²) in [6.45, 7) is 2.77. The zero-order valence-corrected chi connectivity index (χ0v) is 12.3. The minimum Gasteiger partial charge on any atom is -0.481 e. The zero-order chi connectivity index (χ0) is 13.8. The average molecular weight is 281 g/mol. The number of methoxy groups -OCH3 is 2. The maximum Gasteiger partial charge on any atom is 0.215 e. The van der Waals surface area contributed by atoms with Crippen molar-refractivity contribution in [2.75, 3.05) is 20.8 Å². The Morgan fingerprint density at radius 1 is 1.42 bits per heavy atom. The Hall–Kier alpha value is -1.40. The molecule has 6 heteroatoms. The molecular weight excluding hydrogens is 262 g/mol. The molecule has 0 radical (unpaired) electrons. The summed E-state index contributed by atoms with van der Waals surface area (Å²) < 4.78 is 13.2. The van der Waals surface area contributed by atoms with E-state index >= 15 is 0 Å². The highest BCUT2D eigenvalue weighted by Crippen LogP contribution is 2.23. The first-order chi connectivity index (χ1) is 9.21. The van der Waals surface area contributed by atoms with Gasteiger partial charge in [-0.3, -0.25) is 4.57 Å². The van der Waals surface area contributed by atoms with Crippen molar-refractivity contribution in [1.29, 1.82) is 0 Å². The largest absolute Gasteiger partial charge is 0.481 e. The van der Waals surface area contributed by atoms with Crippen molar-refractivity contribution in [3.05, 3.63) is 16.9 Å². The molecule has 2 rings (SSSR count). The van der Waals surface area contributed by atoms with Crippen molar-refractivity contribution < 1.29 is 9.47 Å². The van der Waals surface area contributed by atoms with Gasteiger partial charge in [0.15, 0.2) is 10.4 Å². The van der Waals surface area contributed by atoms with Crippen LogP contribution in [0.15, 0.2) is 12.1 Å². The molecule has 2 heterocycles. The minimum atomic E-state index is 0.191. The second-order valence-electron chi connectivity index (χ2n) is 4.42. The molecule has 0 aliphatic heterocycles. The van der Waals surface area contributed by atoms with Crippen LogP contribution in [0.3, 0.4) is 0 Å². The summed E-state index contributed by atoms with van der Waals surface area (Å²) in [5.41, 5.74) is 1.74. The van der Waals surface area contributed by atoms with E-state index in [-0.39, 0.29) is 6.04 Å². The van der Waals surface area contributed by atoms with Crippen LogP contribution in [0.25, 0.3) is 11.2 Å². The second kappa shape index (κ2) is 6.16. The number of nitrogens with one attached hydrogen (secondary N) is 1. The number of imidazole rings is 1. The summed E-state index contributed by atoms with van der Waals surface area (Å²) in [6, 6.07) is 3.95. The summed E-state index contributed by atoms with van der Waals surface area (Å²) in [7, 11) is 3.31. The molecule has 0 spiro atoms. The molecule has 1 N–H and O–H groups in total. The van der Waals surface area contributed by atoms with Crippen LogP contribution in [-0.4, -0.2) is 35.4 Å². The van der Waals surface area contributed by atoms with Gasteiger partial charge >= 0.3 is 0 Å². The van der Waals surface area contributed by atoms with E-state index in [1.807, 2.05) is 16.7 Å². The van der Waals surface area contributed by atoms with Crippen molar-refractivity contribution in [1.82, 2.24) is 14.5 Å². The number of pyridine rings is 1. The molecule has 2 aromatic rings. The van der Waals surface area contributed by atoms with Crippen molar-refractivity contribution >= 4 is 23.4 Å². The van der Waals surface area contributed by atoms with E-state index in [1.165, 1.54) is 0 Å². The molecule has 1 unspecified atom stereocenters. The highest BCUT2D eigenvalue weighted by molar-refractivity contribution is 7.71. The number of aromatic amines is 1. The first kappa shape index (κ1) is 14.0. The van der Waals surface area contributed by atoms with E-state index in [1.54, 1.807) is 14.2 Å². The molecule has 0 saturated heterocycles. The van der Waals surface area contributed by atoms with Gasteiger partial charge in [-0.05, 0) is 24.7 Å². The van der Waals surface area contributed by atoms with Crippen LogP contribution in [0, 0.1) is 4.77 Å². The second-order valence-corrected chi connectivity index (χ2v) is 4.81. The highest BCUT2D eigenvalue weighted by atomic mass is 32.1. The van der Waals surface area contributed by atoms with Gasteiger partial charge in [-0.1, -0.05) is 13.3 Å². The van der Waals surface area contributed by atoms with Crippen molar-refractivity contribution in [3.8, 4) is 5.88 Å². The van der Waals surface area contributed by atoms with E-state index < -0.39 is 0 Å². The summed E-state index contributed by atoms with van der Waals surface area (Å²) in [6.07, 6.45) is 2.06. The number of fused-ring (bicyclic) bond motifs is 1. The number of nitrogens with zero attached hydrogens (tertiary/aromatic N) is 2. The van der Waals surface area contributed by atoms with Crippen LogP contribution in [0.4, 0.5) is 0 Å². The maximum absolute atomic E-state index is 5.41. The minimum absolute atomic E-state index is 0.191. The third kappa shape index (κ3) is 2.79. The first-order valence-electron chi connectivity index (χ1n) is 6.35. The molecule has 0 saturated carbocycles. The standard InChI is InChI=1S/C13H19N3O2S/c1-4-5-9(8-17-2)16-12-10(14-13(16)19)6-7-11(15-12)18-3/h6-7,9H,4-5,8H2,1-3H3,(H,14,19). The van der Waals surface area contributed by atoms with Gasteiger partial charge in [0, 0.05) is 13.2 Å². The lowest BCUT2D eigenvalue weighted by Crippen LogP contribution is -2.15. The Bertz CT molecular complexity index is 599. The predicted molar refractivity (Wildman–Crippen MR) is 77.3 cm³/mol. The van der Waals surface area contributed by atoms with Crippen molar-refractivity contribution in [2.45, 2.75) is 25.8 Å². The third-order valence-electron chi connectivity index (χ3n) is 3.09. The number of ether oxygens (including phenoxy) is 2. The van der Waals surface area contributed by atoms with Crippen LogP contribution in [0.5, 0.6) is 5.88 Å². The van der Waals surface area contributed by atoms with Gasteiger partial charge in [0.25, 0.3) is 0 Å². The summed E-state index contributed by atoms with van der Waals surface area (Å²) >= 11 is 5.41. The van der Waals surface area contributed by atoms with E-state index in [0.717, 1.165) is 24.0 Å². The Kier molecular flexibility index (Phi) is 4.55. The smallest absolute Gasteiger partial charge is 0.215 e. The number of hydrogen-bond donors (Lipinski definition) is 1. The van der Waals surface area contributed by atoms with Crippen LogP contribution >= 0.6 is 12.2 Å². The lowest BCUT2D eigenvalue weighted by atomic mass is 10.2. The Balaban J connectivity index is 2.55. The van der Waals surface area contributed by atoms with Crippen LogP contribution in [-0.2, 0) is 4.74 Å². The van der Waals surface area contributed by atoms with Crippen LogP contribution in [0.1, 0.15) is 25.8 Å². The molecule has 1 atom stereocenters. The van der Waals surface area contributed by atoms with Crippen molar-refractivity contribution in [2.24, 2.45) is 0 Å². The van der Waals surface area contributed by atoms with E-state index in [0.29, 0.717) is 17.3 Å². The topological polar surface area (TPSA) is 52.1 Å². The first-order valence-corrected chi connectivity index (χ1v) is 6.76. The van der Waals surface area contributed by atoms with Gasteiger partial charge in [-0.25, -0.2) is 0 Å². The molecule has 0 aliphatic rings. The molecule has 0 fully saturated rings. The monoisotopic (exact) mass is 281 g/mol. The molecule has 19 heavy (non-hydrogen) atoms. The SMILES string of the molecule is CCCC(COC)n1c(=S)[nH]c2ccc(OC)nc21. The predicted octanol–water partition coefficient (Wildman–Crippen LogP) is 3.09. The number of hydrogen-bond acceptors (Lipinski definition) is 4. The zero-order valence-electron chi connectivity index (χ0n) is 11.5. The van der Waals surface area contributed by atoms with E-state index in [9.17, 15) is 0 Å². The average Bonchev–Trinajstić information content (AvgIpc) is 2.73. The number of H-pyrrole nitrogens is 1. The number of aromatic nitrogens is 3. The molecule has 0 aliphatic carbocycles. The molecule has 104 valence electrons. The van der Waals surface area contributed by atoms with Crippen LogP contribution in [0.2, 0.25) is 0 Å². The summed E-state index contributed by atoms with van der Waals surface area (Å²) in [5.74, 6) is 0.586. The molecule has 0 amide bonds. The molecule has 5 nitrogen and oxygen atoms in total. The fourth-order valence-electron chi connectivity index (χ4n) is 2.25. The third-order valence-corrected chi connectivity index (χ3v) is 3.39. The summed E-state index contributed by atoms with van der Waals surface area (Å²) in [5, 5.41) is 0. The number of rotatable bonds is 6.